The maximum absolute atomic E-state index is 12.7. The van der Waals surface area contributed by atoms with E-state index in [-0.39, 0.29) is 23.5 Å². The van der Waals surface area contributed by atoms with Crippen LogP contribution in [0.5, 0.6) is 5.75 Å². The molecule has 31 heavy (non-hydrogen) atoms. The molecule has 5 rings (SSSR count). The molecule has 0 unspecified atom stereocenters. The molecule has 1 fully saturated rings. The van der Waals surface area contributed by atoms with E-state index >= 15 is 0 Å². The lowest BCUT2D eigenvalue weighted by molar-refractivity contribution is -0.117. The van der Waals surface area contributed by atoms with E-state index in [2.05, 4.69) is 20.4 Å². The Hall–Kier alpha value is -3.94. The molecule has 1 saturated carbocycles. The van der Waals surface area contributed by atoms with Gasteiger partial charge in [-0.05, 0) is 60.0 Å². The first-order valence-corrected chi connectivity index (χ1v) is 10.0. The number of hydrogen-bond acceptors (Lipinski definition) is 6. The van der Waals surface area contributed by atoms with Crippen molar-refractivity contribution in [1.82, 2.24) is 19.7 Å². The van der Waals surface area contributed by atoms with Crippen LogP contribution in [0, 0.1) is 12.8 Å². The largest absolute Gasteiger partial charge is 0.508 e. The number of nitrogens with two attached hydrogens (primary N) is 1. The van der Waals surface area contributed by atoms with Crippen LogP contribution in [0.4, 0.5) is 11.6 Å². The fraction of sp³-hybridized carbons (Fsp3) is 0.217. The molecule has 1 amide bonds. The van der Waals surface area contributed by atoms with Gasteiger partial charge in [-0.25, -0.2) is 9.97 Å². The van der Waals surface area contributed by atoms with Crippen molar-refractivity contribution in [2.75, 3.05) is 11.1 Å². The standard InChI is InChI=1S/C23H22N6O2/c1-12-3-4-15(30)7-16(12)20-5-13-6-21(25-10-19(13)22(24)27-20)28-23(31)18-8-17(18)14-9-26-29(2)11-14/h3-7,9-11,17-18,30H,8H2,1-2H3,(H2,24,27)(H,25,28,31)/t17-,18+/m1/s1. The van der Waals surface area contributed by atoms with Crippen molar-refractivity contribution in [3.05, 3.63) is 60.0 Å². The maximum Gasteiger partial charge on any atom is 0.229 e. The topological polar surface area (TPSA) is 119 Å². The quantitative estimate of drug-likeness (QED) is 0.471. The minimum Gasteiger partial charge on any atom is -0.508 e. The van der Waals surface area contributed by atoms with E-state index in [4.69, 9.17) is 5.73 Å². The Kier molecular flexibility index (Phi) is 4.35. The third-order valence-electron chi connectivity index (χ3n) is 5.77. The number of pyridine rings is 2. The normalized spacial score (nSPS) is 17.6. The van der Waals surface area contributed by atoms with Gasteiger partial charge in [0.15, 0.2) is 0 Å². The number of phenols is 1. The van der Waals surface area contributed by atoms with E-state index in [0.29, 0.717) is 22.7 Å². The fourth-order valence-corrected chi connectivity index (χ4v) is 3.97. The van der Waals surface area contributed by atoms with E-state index in [1.165, 1.54) is 0 Å². The van der Waals surface area contributed by atoms with E-state index in [1.807, 2.05) is 38.5 Å². The molecule has 3 aromatic heterocycles. The van der Waals surface area contributed by atoms with Gasteiger partial charge in [-0.1, -0.05) is 6.07 Å². The Bertz CT molecular complexity index is 1330. The van der Waals surface area contributed by atoms with Crippen molar-refractivity contribution in [1.29, 1.82) is 0 Å². The Balaban J connectivity index is 1.42. The highest BCUT2D eigenvalue weighted by atomic mass is 16.3. The van der Waals surface area contributed by atoms with Gasteiger partial charge in [0.05, 0.1) is 11.9 Å². The van der Waals surface area contributed by atoms with Crippen molar-refractivity contribution in [3.8, 4) is 17.0 Å². The summed E-state index contributed by atoms with van der Waals surface area (Å²) >= 11 is 0. The summed E-state index contributed by atoms with van der Waals surface area (Å²) in [4.78, 5) is 21.5. The van der Waals surface area contributed by atoms with Gasteiger partial charge in [0.2, 0.25) is 5.91 Å². The third-order valence-corrected chi connectivity index (χ3v) is 5.77. The van der Waals surface area contributed by atoms with E-state index in [0.717, 1.165) is 28.5 Å². The highest BCUT2D eigenvalue weighted by molar-refractivity contribution is 5.98. The number of phenolic OH excluding ortho intramolecular Hbond substituents is 1. The van der Waals surface area contributed by atoms with Crippen LogP contribution in [0.1, 0.15) is 23.5 Å². The third kappa shape index (κ3) is 3.56. The average molecular weight is 414 g/mol. The number of aryl methyl sites for hydroxylation is 2. The second-order valence-electron chi connectivity index (χ2n) is 8.07. The summed E-state index contributed by atoms with van der Waals surface area (Å²) in [6.07, 6.45) is 6.20. The van der Waals surface area contributed by atoms with Crippen LogP contribution in [0.3, 0.4) is 0 Å². The number of fused-ring (bicyclic) bond motifs is 1. The number of hydrogen-bond donors (Lipinski definition) is 3. The number of carbonyl (C=O) groups excluding carboxylic acids is 1. The van der Waals surface area contributed by atoms with Crippen LogP contribution in [-0.4, -0.2) is 30.8 Å². The highest BCUT2D eigenvalue weighted by Crippen LogP contribution is 2.47. The summed E-state index contributed by atoms with van der Waals surface area (Å²) < 4.78 is 1.75. The Morgan fingerprint density at radius 1 is 1.26 bits per heavy atom. The van der Waals surface area contributed by atoms with Crippen LogP contribution < -0.4 is 11.1 Å². The number of benzene rings is 1. The fourth-order valence-electron chi connectivity index (χ4n) is 3.97. The summed E-state index contributed by atoms with van der Waals surface area (Å²) in [5.74, 6) is 1.06. The molecule has 1 aromatic carbocycles. The Morgan fingerprint density at radius 3 is 2.87 bits per heavy atom. The SMILES string of the molecule is Cc1ccc(O)cc1-c1cc2cc(NC(=O)[C@H]3C[C@@H]3c3cnn(C)c3)ncc2c(N)n1. The molecule has 1 aliphatic rings. The molecular weight excluding hydrogens is 392 g/mol. The smallest absolute Gasteiger partial charge is 0.229 e. The first-order chi connectivity index (χ1) is 14.9. The van der Waals surface area contributed by atoms with Gasteiger partial charge in [-0.3, -0.25) is 9.48 Å². The molecule has 3 heterocycles. The highest BCUT2D eigenvalue weighted by Gasteiger charge is 2.44. The molecule has 4 N–H and O–H groups in total. The van der Waals surface area contributed by atoms with Gasteiger partial charge in [-0.2, -0.15) is 5.10 Å². The Labute approximate surface area is 178 Å². The lowest BCUT2D eigenvalue weighted by atomic mass is 10.0. The zero-order chi connectivity index (χ0) is 21.7. The van der Waals surface area contributed by atoms with Crippen LogP contribution >= 0.6 is 0 Å². The average Bonchev–Trinajstić information content (AvgIpc) is 3.43. The molecule has 4 aromatic rings. The first kappa shape index (κ1) is 19.0. The monoisotopic (exact) mass is 414 g/mol. The van der Waals surface area contributed by atoms with Crippen LogP contribution in [0.25, 0.3) is 22.0 Å². The van der Waals surface area contributed by atoms with Crippen molar-refractivity contribution >= 4 is 28.3 Å². The molecule has 2 atom stereocenters. The molecule has 0 saturated heterocycles. The van der Waals surface area contributed by atoms with Crippen molar-refractivity contribution in [3.63, 3.8) is 0 Å². The zero-order valence-corrected chi connectivity index (χ0v) is 17.2. The predicted octanol–water partition coefficient (Wildman–Crippen LogP) is 3.37. The lowest BCUT2D eigenvalue weighted by Crippen LogP contribution is -2.15. The van der Waals surface area contributed by atoms with Gasteiger partial charge in [-0.15, -0.1) is 0 Å². The van der Waals surface area contributed by atoms with Gasteiger partial charge in [0, 0.05) is 36.3 Å². The van der Waals surface area contributed by atoms with Crippen molar-refractivity contribution in [2.45, 2.75) is 19.3 Å². The second kappa shape index (κ2) is 7.09. The number of amides is 1. The van der Waals surface area contributed by atoms with Crippen LogP contribution in [0.2, 0.25) is 0 Å². The summed E-state index contributed by atoms with van der Waals surface area (Å²) in [7, 11) is 1.87. The number of rotatable bonds is 4. The zero-order valence-electron chi connectivity index (χ0n) is 17.2. The van der Waals surface area contributed by atoms with Crippen LogP contribution in [-0.2, 0) is 11.8 Å². The molecule has 0 aliphatic heterocycles. The molecule has 0 bridgehead atoms. The first-order valence-electron chi connectivity index (χ1n) is 10.0. The van der Waals surface area contributed by atoms with Crippen LogP contribution in [0.15, 0.2) is 48.9 Å². The lowest BCUT2D eigenvalue weighted by Gasteiger charge is -2.11. The Morgan fingerprint density at radius 2 is 2.10 bits per heavy atom. The summed E-state index contributed by atoms with van der Waals surface area (Å²) in [6.45, 7) is 1.95. The molecule has 1 aliphatic carbocycles. The number of anilines is 2. The second-order valence-corrected chi connectivity index (χ2v) is 8.07. The molecule has 0 spiro atoms. The summed E-state index contributed by atoms with van der Waals surface area (Å²) in [5.41, 5.74) is 9.68. The van der Waals surface area contributed by atoms with Crippen molar-refractivity contribution < 1.29 is 9.90 Å². The molecule has 8 nitrogen and oxygen atoms in total. The number of carbonyl (C=O) groups is 1. The van der Waals surface area contributed by atoms with Gasteiger partial charge in [0.25, 0.3) is 0 Å². The van der Waals surface area contributed by atoms with Gasteiger partial charge >= 0.3 is 0 Å². The minimum absolute atomic E-state index is 0.0493. The summed E-state index contributed by atoms with van der Waals surface area (Å²) in [6, 6.07) is 8.82. The molecule has 8 heteroatoms. The van der Waals surface area contributed by atoms with E-state index in [9.17, 15) is 9.90 Å². The molecule has 0 radical (unpaired) electrons. The number of aromatic hydroxyl groups is 1. The van der Waals surface area contributed by atoms with Gasteiger partial charge in [0.1, 0.15) is 17.4 Å². The predicted molar refractivity (Wildman–Crippen MR) is 118 cm³/mol. The maximum atomic E-state index is 12.7. The van der Waals surface area contributed by atoms with Gasteiger partial charge < -0.3 is 16.2 Å². The number of aromatic nitrogens is 4. The summed E-state index contributed by atoms with van der Waals surface area (Å²) in [5, 5.41) is 18.5. The molecular formula is C23H22N6O2. The van der Waals surface area contributed by atoms with E-state index in [1.54, 1.807) is 29.1 Å². The van der Waals surface area contributed by atoms with E-state index < -0.39 is 0 Å². The number of nitrogens with one attached hydrogen (secondary N) is 1. The number of nitrogens with zero attached hydrogens (tertiary/aromatic N) is 4. The molecule has 156 valence electrons. The van der Waals surface area contributed by atoms with Crippen molar-refractivity contribution in [2.24, 2.45) is 13.0 Å². The minimum atomic E-state index is -0.0743. The number of nitrogen functional groups attached to an aromatic ring is 1.